The second kappa shape index (κ2) is 6.59. The van der Waals surface area contributed by atoms with Crippen molar-refractivity contribution in [2.75, 3.05) is 18.6 Å². The summed E-state index contributed by atoms with van der Waals surface area (Å²) in [6, 6.07) is 5.28. The third-order valence-corrected chi connectivity index (χ3v) is 3.83. The molecule has 0 amide bonds. The highest BCUT2D eigenvalue weighted by molar-refractivity contribution is 7.90. The lowest BCUT2D eigenvalue weighted by Crippen LogP contribution is -2.18. The Morgan fingerprint density at radius 2 is 2.00 bits per heavy atom. The van der Waals surface area contributed by atoms with E-state index in [9.17, 15) is 8.42 Å². The van der Waals surface area contributed by atoms with Crippen molar-refractivity contribution in [3.63, 3.8) is 0 Å². The van der Waals surface area contributed by atoms with Gasteiger partial charge >= 0.3 is 0 Å². The topological polar surface area (TPSA) is 46.2 Å². The maximum absolute atomic E-state index is 10.9. The zero-order valence-corrected chi connectivity index (χ0v) is 11.9. The number of halogens is 2. The van der Waals surface area contributed by atoms with Crippen LogP contribution in [0.15, 0.2) is 18.2 Å². The Balaban J connectivity index is 2.34. The Morgan fingerprint density at radius 3 is 2.65 bits per heavy atom. The van der Waals surface area contributed by atoms with Crippen LogP contribution >= 0.6 is 23.2 Å². The fourth-order valence-electron chi connectivity index (χ4n) is 1.36. The van der Waals surface area contributed by atoms with Crippen molar-refractivity contribution in [1.29, 1.82) is 0 Å². The molecule has 0 spiro atoms. The second-order valence-electron chi connectivity index (χ2n) is 3.90. The van der Waals surface area contributed by atoms with Crippen LogP contribution in [-0.4, -0.2) is 27.0 Å². The molecule has 3 nitrogen and oxygen atoms in total. The second-order valence-corrected chi connectivity index (χ2v) is 7.00. The van der Waals surface area contributed by atoms with Gasteiger partial charge in [-0.2, -0.15) is 0 Å². The van der Waals surface area contributed by atoms with Gasteiger partial charge in [0.15, 0.2) is 0 Å². The lowest BCUT2D eigenvalue weighted by atomic mass is 10.2. The van der Waals surface area contributed by atoms with Crippen LogP contribution in [0.4, 0.5) is 0 Å². The molecular weight excluding hydrogens is 281 g/mol. The van der Waals surface area contributed by atoms with Crippen molar-refractivity contribution in [3.05, 3.63) is 33.8 Å². The number of nitrogens with one attached hydrogen (secondary N) is 1. The first-order chi connectivity index (χ1) is 7.88. The van der Waals surface area contributed by atoms with Crippen LogP contribution in [-0.2, 0) is 16.4 Å². The van der Waals surface area contributed by atoms with Gasteiger partial charge < -0.3 is 5.32 Å². The monoisotopic (exact) mass is 295 g/mol. The lowest BCUT2D eigenvalue weighted by Gasteiger charge is -2.06. The molecule has 0 radical (unpaired) electrons. The summed E-state index contributed by atoms with van der Waals surface area (Å²) in [6.07, 6.45) is 1.83. The average Bonchev–Trinajstić information content (AvgIpc) is 2.21. The Bertz CT molecular complexity index is 474. The molecule has 1 N–H and O–H groups in total. The lowest BCUT2D eigenvalue weighted by molar-refractivity contribution is 0.594. The van der Waals surface area contributed by atoms with E-state index in [0.29, 0.717) is 29.6 Å². The molecule has 96 valence electrons. The highest BCUT2D eigenvalue weighted by Crippen LogP contribution is 2.20. The molecule has 0 aliphatic heterocycles. The third kappa shape index (κ3) is 6.27. The van der Waals surface area contributed by atoms with E-state index in [4.69, 9.17) is 23.2 Å². The van der Waals surface area contributed by atoms with Crippen LogP contribution < -0.4 is 5.32 Å². The Morgan fingerprint density at radius 1 is 1.29 bits per heavy atom. The minimum absolute atomic E-state index is 0.198. The van der Waals surface area contributed by atoms with Crippen molar-refractivity contribution in [3.8, 4) is 0 Å². The van der Waals surface area contributed by atoms with Gasteiger partial charge in [0.1, 0.15) is 9.84 Å². The van der Waals surface area contributed by atoms with Crippen molar-refractivity contribution in [2.45, 2.75) is 13.0 Å². The van der Waals surface area contributed by atoms with E-state index >= 15 is 0 Å². The van der Waals surface area contributed by atoms with E-state index in [1.54, 1.807) is 18.2 Å². The number of benzene rings is 1. The van der Waals surface area contributed by atoms with Gasteiger partial charge in [-0.25, -0.2) is 8.42 Å². The summed E-state index contributed by atoms with van der Waals surface area (Å²) in [6.45, 7) is 1.22. The normalized spacial score (nSPS) is 11.7. The highest BCUT2D eigenvalue weighted by atomic mass is 35.5. The van der Waals surface area contributed by atoms with Gasteiger partial charge in [-0.1, -0.05) is 23.2 Å². The van der Waals surface area contributed by atoms with Crippen LogP contribution in [0.25, 0.3) is 0 Å². The molecular formula is C11H15Cl2NO2S. The molecule has 0 saturated heterocycles. The van der Waals surface area contributed by atoms with Crippen molar-refractivity contribution in [1.82, 2.24) is 5.32 Å². The zero-order chi connectivity index (χ0) is 12.9. The van der Waals surface area contributed by atoms with Gasteiger partial charge in [0.25, 0.3) is 0 Å². The van der Waals surface area contributed by atoms with Crippen molar-refractivity contribution >= 4 is 33.0 Å². The Hall–Kier alpha value is -0.290. The molecule has 1 aromatic rings. The number of sulfone groups is 1. The quantitative estimate of drug-likeness (QED) is 0.821. The number of hydrogen-bond acceptors (Lipinski definition) is 3. The maximum Gasteiger partial charge on any atom is 0.147 e. The van der Waals surface area contributed by atoms with Gasteiger partial charge in [0.2, 0.25) is 0 Å². The largest absolute Gasteiger partial charge is 0.313 e. The molecule has 1 aromatic carbocycles. The van der Waals surface area contributed by atoms with E-state index in [1.807, 2.05) is 0 Å². The van der Waals surface area contributed by atoms with Crippen LogP contribution in [0.1, 0.15) is 12.0 Å². The first-order valence-electron chi connectivity index (χ1n) is 5.21. The fraction of sp³-hybridized carbons (Fsp3) is 0.455. The summed E-state index contributed by atoms with van der Waals surface area (Å²) in [4.78, 5) is 0. The minimum Gasteiger partial charge on any atom is -0.313 e. The molecule has 6 heteroatoms. The van der Waals surface area contributed by atoms with Gasteiger partial charge in [0, 0.05) is 22.8 Å². The molecule has 0 atom stereocenters. The highest BCUT2D eigenvalue weighted by Gasteiger charge is 2.03. The van der Waals surface area contributed by atoms with Crippen LogP contribution in [0.5, 0.6) is 0 Å². The predicted octanol–water partition coefficient (Wildman–Crippen LogP) is 2.52. The summed E-state index contributed by atoms with van der Waals surface area (Å²) < 4.78 is 21.8. The first-order valence-corrected chi connectivity index (χ1v) is 8.02. The molecule has 17 heavy (non-hydrogen) atoms. The molecule has 0 aromatic heterocycles. The smallest absolute Gasteiger partial charge is 0.147 e. The summed E-state index contributed by atoms with van der Waals surface area (Å²) in [5.74, 6) is 0.198. The zero-order valence-electron chi connectivity index (χ0n) is 9.54. The number of hydrogen-bond donors (Lipinski definition) is 1. The van der Waals surface area contributed by atoms with Gasteiger partial charge in [-0.05, 0) is 36.7 Å². The van der Waals surface area contributed by atoms with Crippen LogP contribution in [0.3, 0.4) is 0 Å². The predicted molar refractivity (Wildman–Crippen MR) is 72.5 cm³/mol. The van der Waals surface area contributed by atoms with E-state index in [0.717, 1.165) is 5.56 Å². The van der Waals surface area contributed by atoms with E-state index < -0.39 is 9.84 Å². The Kier molecular flexibility index (Phi) is 5.73. The molecule has 0 saturated carbocycles. The maximum atomic E-state index is 10.9. The first kappa shape index (κ1) is 14.8. The third-order valence-electron chi connectivity index (χ3n) is 2.19. The van der Waals surface area contributed by atoms with Crippen LogP contribution in [0.2, 0.25) is 10.0 Å². The summed E-state index contributed by atoms with van der Waals surface area (Å²) >= 11 is 11.8. The van der Waals surface area contributed by atoms with Crippen LogP contribution in [0, 0.1) is 0 Å². The summed E-state index contributed by atoms with van der Waals surface area (Å²) in [5.41, 5.74) is 0.915. The molecule has 0 fully saturated rings. The molecule has 0 aliphatic carbocycles. The SMILES string of the molecule is CS(=O)(=O)CCCNCc1cc(Cl)ccc1Cl. The van der Waals surface area contributed by atoms with E-state index in [-0.39, 0.29) is 5.75 Å². The van der Waals surface area contributed by atoms with E-state index in [1.165, 1.54) is 6.26 Å². The van der Waals surface area contributed by atoms with Crippen molar-refractivity contribution < 1.29 is 8.42 Å². The molecule has 0 bridgehead atoms. The fourth-order valence-corrected chi connectivity index (χ4v) is 2.41. The molecule has 1 rings (SSSR count). The molecule has 0 aliphatic rings. The van der Waals surface area contributed by atoms with Gasteiger partial charge in [-0.15, -0.1) is 0 Å². The van der Waals surface area contributed by atoms with Crippen molar-refractivity contribution in [2.24, 2.45) is 0 Å². The standard InChI is InChI=1S/C11H15Cl2NO2S/c1-17(15,16)6-2-5-14-8-9-7-10(12)3-4-11(9)13/h3-4,7,14H,2,5-6,8H2,1H3. The Labute approximate surface area is 112 Å². The summed E-state index contributed by atoms with van der Waals surface area (Å²) in [7, 11) is -2.87. The molecule has 0 unspecified atom stereocenters. The summed E-state index contributed by atoms with van der Waals surface area (Å²) in [5, 5.41) is 4.43. The minimum atomic E-state index is -2.87. The number of rotatable bonds is 6. The molecule has 0 heterocycles. The average molecular weight is 296 g/mol. The van der Waals surface area contributed by atoms with E-state index in [2.05, 4.69) is 5.32 Å². The van der Waals surface area contributed by atoms with Gasteiger partial charge in [-0.3, -0.25) is 0 Å². The van der Waals surface area contributed by atoms with Gasteiger partial charge in [0.05, 0.1) is 5.75 Å².